The first kappa shape index (κ1) is 91.4. The van der Waals surface area contributed by atoms with Crippen LogP contribution in [0.25, 0.3) is 0 Å². The van der Waals surface area contributed by atoms with Crippen LogP contribution in [-0.4, -0.2) is 140 Å². The number of hydrogen-bond acceptors (Lipinski definition) is 16. The number of sulfonamides is 2. The van der Waals surface area contributed by atoms with Gasteiger partial charge in [0.1, 0.15) is 0 Å². The van der Waals surface area contributed by atoms with Crippen molar-refractivity contribution >= 4 is 102 Å². The van der Waals surface area contributed by atoms with Gasteiger partial charge in [0.2, 0.25) is 20.0 Å². The molecule has 12 rings (SSSR count). The number of rotatable bonds is 28. The van der Waals surface area contributed by atoms with Gasteiger partial charge < -0.3 is 66.6 Å². The van der Waals surface area contributed by atoms with Crippen molar-refractivity contribution in [2.45, 2.75) is 151 Å². The summed E-state index contributed by atoms with van der Waals surface area (Å²) < 4.78 is 58.3. The zero-order chi connectivity index (χ0) is 79.6. The largest absolute Gasteiger partial charge is 1.00 e. The summed E-state index contributed by atoms with van der Waals surface area (Å²) in [5.41, 5.74) is 8.41. The van der Waals surface area contributed by atoms with Crippen LogP contribution in [0.15, 0.2) is 192 Å². The maximum Gasteiger partial charge on any atom is 1.00 e. The van der Waals surface area contributed by atoms with Crippen molar-refractivity contribution in [1.82, 2.24) is 8.61 Å². The van der Waals surface area contributed by atoms with Crippen LogP contribution in [-0.2, 0) is 55.3 Å². The molecule has 2 aliphatic carbocycles. The number of aromatic carboxylic acids is 2. The molecule has 4 fully saturated rings. The number of carbonyl (C=O) groups excluding carboxylic acids is 6. The molecule has 0 radical (unpaired) electrons. The van der Waals surface area contributed by atoms with Crippen LogP contribution in [0, 0.1) is 11.8 Å². The van der Waals surface area contributed by atoms with E-state index in [9.17, 15) is 75.6 Å². The Hall–Kier alpha value is -9.10. The second kappa shape index (κ2) is 42.7. The molecule has 2 aliphatic heterocycles. The van der Waals surface area contributed by atoms with Crippen LogP contribution in [0.5, 0.6) is 0 Å². The number of nitrogens with zero attached hydrogens (tertiary/aromatic N) is 4. The Morgan fingerprint density at radius 3 is 1.00 bits per heavy atom. The van der Waals surface area contributed by atoms with E-state index in [-0.39, 0.29) is 144 Å². The molecule has 8 aromatic carbocycles. The molecule has 0 bridgehead atoms. The molecular weight excluding hydrogens is 1530 g/mol. The summed E-state index contributed by atoms with van der Waals surface area (Å²) >= 11 is 0. The molecule has 8 N–H and O–H groups in total. The summed E-state index contributed by atoms with van der Waals surface area (Å²) in [6.07, 6.45) is 12.6. The molecule has 596 valence electrons. The Kier molecular flexibility index (Phi) is 33.9. The number of carboxylic acid groups (broad SMARTS) is 4. The number of piperidine rings is 2. The van der Waals surface area contributed by atoms with Gasteiger partial charge in [0.15, 0.2) is 0 Å². The number of anilines is 6. The van der Waals surface area contributed by atoms with E-state index < -0.39 is 79.4 Å². The minimum Gasteiger partial charge on any atom is -0.545 e. The zero-order valence-corrected chi connectivity index (χ0v) is 70.9. The second-order valence-electron chi connectivity index (χ2n) is 28.9. The number of hydrogen-bond donors (Lipinski definition) is 6. The summed E-state index contributed by atoms with van der Waals surface area (Å²) in [6.45, 7) is 7.31. The van der Waals surface area contributed by atoms with Crippen molar-refractivity contribution < 1.29 is 140 Å². The Morgan fingerprint density at radius 2 is 0.704 bits per heavy atom. The fourth-order valence-corrected chi connectivity index (χ4v) is 18.7. The quantitative estimate of drug-likeness (QED) is 0.0345. The summed E-state index contributed by atoms with van der Waals surface area (Å²) in [6, 6.07) is 49.8. The summed E-state index contributed by atoms with van der Waals surface area (Å²) in [4.78, 5) is 105. The van der Waals surface area contributed by atoms with Gasteiger partial charge in [0.05, 0.1) is 56.1 Å². The van der Waals surface area contributed by atoms with E-state index >= 15 is 0 Å². The SMILES string of the molecule is CCN(C1CCC(C(=O)O)CC1)S(=O)(=O)c1cccc(C(=O)Nc2ccc(N3CCCCC3)cc2C(=O)Nc2ccc(CCc3ccc(C(=O)[O-])cc3)cc2)c1.CCN(C1CCC(C(=O)O)CC1)S(=O)(=O)c1cccc(C(=O)Nc2ccc(N3CCCCC3)cc2C(=O)Nc2ccc(CCc3ccc(C(=O)[O-])cc3)cc2)c1.O.[Na+].[Na+]. The van der Waals surface area contributed by atoms with Gasteiger partial charge in [-0.05, 0) is 246 Å². The smallest absolute Gasteiger partial charge is 0.545 e. The van der Waals surface area contributed by atoms with E-state index in [2.05, 4.69) is 31.1 Å². The molecule has 4 amide bonds. The van der Waals surface area contributed by atoms with Gasteiger partial charge in [-0.1, -0.05) is 98.8 Å². The fourth-order valence-electron chi connectivity index (χ4n) is 15.2. The van der Waals surface area contributed by atoms with E-state index in [0.29, 0.717) is 88.4 Å². The Morgan fingerprint density at radius 1 is 0.391 bits per heavy atom. The number of aliphatic carboxylic acids is 2. The third-order valence-electron chi connectivity index (χ3n) is 21.6. The van der Waals surface area contributed by atoms with Gasteiger partial charge in [-0.2, -0.15) is 8.61 Å². The number of nitrogens with one attached hydrogen (secondary N) is 4. The first-order valence-electron chi connectivity index (χ1n) is 38.4. The standard InChI is InChI=1S/2C43H48N4O8S.2Na.H2O/c2*1-2-47(35-21-17-32(18-22-35)43(52)53)56(54,55)37-8-6-7-33(27-37)40(48)45-39-24-23-36(46-25-4-3-5-26-46)28-38(39)41(49)44-34-19-13-30(14-20-34)10-9-29-11-15-31(16-12-29)42(50)51;;;/h2*6-8,11-16,19-20,23-24,27-28,32,35H,2-5,9-10,17-18,21-22,25-26H2,1H3,(H,44,49)(H,45,48)(H,50,51)(H,52,53);;;1H2/q;;2*+1;/p-2. The number of carboxylic acids is 4. The van der Waals surface area contributed by atoms with E-state index in [4.69, 9.17) is 0 Å². The van der Waals surface area contributed by atoms with Crippen molar-refractivity contribution in [3.8, 4) is 0 Å². The van der Waals surface area contributed by atoms with Crippen LogP contribution in [0.2, 0.25) is 0 Å². The molecule has 115 heavy (non-hydrogen) atoms. The third-order valence-corrected chi connectivity index (χ3v) is 25.6. The van der Waals surface area contributed by atoms with E-state index in [1.54, 1.807) is 62.4 Å². The molecule has 8 aromatic rings. The van der Waals surface area contributed by atoms with Crippen molar-refractivity contribution in [2.75, 3.05) is 70.3 Å². The van der Waals surface area contributed by atoms with Gasteiger partial charge in [0, 0.05) is 85.2 Å². The van der Waals surface area contributed by atoms with Crippen LogP contribution in [0.4, 0.5) is 34.1 Å². The summed E-state index contributed by atoms with van der Waals surface area (Å²) in [7, 11) is -8.01. The average Bonchev–Trinajstić information content (AvgIpc) is 0.803. The van der Waals surface area contributed by atoms with Crippen molar-refractivity contribution in [3.05, 3.63) is 238 Å². The average molecular weight is 1620 g/mol. The Balaban J connectivity index is 0.000000280. The van der Waals surface area contributed by atoms with E-state index in [0.717, 1.165) is 98.3 Å². The first-order chi connectivity index (χ1) is 53.8. The van der Waals surface area contributed by atoms with Crippen molar-refractivity contribution in [1.29, 1.82) is 0 Å². The minimum atomic E-state index is -4.00. The maximum absolute atomic E-state index is 13.9. The maximum atomic E-state index is 13.9. The number of aryl methyl sites for hydroxylation is 4. The molecule has 0 atom stereocenters. The van der Waals surface area contributed by atoms with Crippen LogP contribution in [0.3, 0.4) is 0 Å². The van der Waals surface area contributed by atoms with Gasteiger partial charge in [-0.15, -0.1) is 0 Å². The van der Waals surface area contributed by atoms with Crippen LogP contribution < -0.4 is 100 Å². The van der Waals surface area contributed by atoms with Gasteiger partial charge in [0.25, 0.3) is 23.6 Å². The van der Waals surface area contributed by atoms with Gasteiger partial charge >= 0.3 is 71.1 Å². The zero-order valence-electron chi connectivity index (χ0n) is 65.3. The van der Waals surface area contributed by atoms with E-state index in [1.165, 1.54) is 81.4 Å². The fraction of sp³-hybridized carbons (Fsp3) is 0.349. The molecule has 25 nitrogen and oxygen atoms in total. The number of carbonyl (C=O) groups is 8. The number of amides is 4. The molecule has 29 heteroatoms. The van der Waals surface area contributed by atoms with Crippen molar-refractivity contribution in [2.24, 2.45) is 11.8 Å². The minimum absolute atomic E-state index is 0. The van der Waals surface area contributed by atoms with E-state index in [1.807, 2.05) is 60.7 Å². The summed E-state index contributed by atoms with van der Waals surface area (Å²) in [5.74, 6) is -7.11. The molecule has 2 saturated heterocycles. The molecule has 0 aromatic heterocycles. The predicted molar refractivity (Wildman–Crippen MR) is 428 cm³/mol. The molecular formula is C86H96N8Na2O17S2. The van der Waals surface area contributed by atoms with Gasteiger partial charge in [-0.25, -0.2) is 16.8 Å². The van der Waals surface area contributed by atoms with Crippen LogP contribution in [0.1, 0.15) is 188 Å². The molecule has 2 heterocycles. The van der Waals surface area contributed by atoms with Gasteiger partial charge in [-0.3, -0.25) is 28.8 Å². The third kappa shape index (κ3) is 24.1. The predicted octanol–water partition coefficient (Wildman–Crippen LogP) is 5.15. The Labute approximate surface area is 715 Å². The number of benzene rings is 8. The topological polar surface area (TPSA) is 384 Å². The molecule has 0 spiro atoms. The van der Waals surface area contributed by atoms with Crippen LogP contribution >= 0.6 is 0 Å². The second-order valence-corrected chi connectivity index (χ2v) is 32.7. The molecule has 4 aliphatic rings. The molecule has 2 saturated carbocycles. The van der Waals surface area contributed by atoms with Crippen molar-refractivity contribution in [3.63, 3.8) is 0 Å². The monoisotopic (exact) mass is 1620 g/mol. The first-order valence-corrected chi connectivity index (χ1v) is 41.2. The normalized spacial score (nSPS) is 16.8. The Bertz CT molecular complexity index is 4640. The summed E-state index contributed by atoms with van der Waals surface area (Å²) in [5, 5.41) is 52.5. The molecule has 0 unspecified atom stereocenters.